The highest BCUT2D eigenvalue weighted by Crippen LogP contribution is 2.13. The molecule has 1 fully saturated rings. The number of nitrogens with zero attached hydrogens (tertiary/aromatic N) is 1. The number of hydrogen-bond donors (Lipinski definition) is 1. The van der Waals surface area contributed by atoms with Crippen LogP contribution in [-0.4, -0.2) is 42.1 Å². The van der Waals surface area contributed by atoms with Gasteiger partial charge in [0.15, 0.2) is 0 Å². The number of hydrogen-bond acceptors (Lipinski definition) is 3. The van der Waals surface area contributed by atoms with Crippen molar-refractivity contribution < 1.29 is 9.53 Å². The lowest BCUT2D eigenvalue weighted by atomic mass is 10.0. The number of carbonyl (C=O) groups is 1. The van der Waals surface area contributed by atoms with Crippen molar-refractivity contribution in [2.45, 2.75) is 52.4 Å². The first-order chi connectivity index (χ1) is 7.40. The van der Waals surface area contributed by atoms with Gasteiger partial charge in [-0.25, -0.2) is 0 Å². The summed E-state index contributed by atoms with van der Waals surface area (Å²) >= 11 is 0. The van der Waals surface area contributed by atoms with Gasteiger partial charge in [-0.15, -0.1) is 0 Å². The monoisotopic (exact) mass is 228 g/mol. The Hall–Kier alpha value is -0.610. The third-order valence-corrected chi connectivity index (χ3v) is 2.77. The predicted molar refractivity (Wildman–Crippen MR) is 64.0 cm³/mol. The average Bonchev–Trinajstić information content (AvgIpc) is 2.13. The molecule has 4 heteroatoms. The summed E-state index contributed by atoms with van der Waals surface area (Å²) in [6.45, 7) is 9.47. The van der Waals surface area contributed by atoms with E-state index in [0.29, 0.717) is 19.0 Å². The Morgan fingerprint density at radius 3 is 2.31 bits per heavy atom. The molecule has 0 aromatic carbocycles. The second-order valence-corrected chi connectivity index (χ2v) is 5.24. The maximum absolute atomic E-state index is 12.1. The van der Waals surface area contributed by atoms with E-state index in [0.717, 1.165) is 6.42 Å². The highest BCUT2D eigenvalue weighted by molar-refractivity contribution is 5.81. The molecule has 0 aliphatic carbocycles. The zero-order chi connectivity index (χ0) is 12.3. The van der Waals surface area contributed by atoms with E-state index in [1.165, 1.54) is 0 Å². The molecule has 3 atom stereocenters. The summed E-state index contributed by atoms with van der Waals surface area (Å²) in [7, 11) is 0. The van der Waals surface area contributed by atoms with Crippen LogP contribution in [0.1, 0.15) is 34.1 Å². The molecular weight excluding hydrogens is 204 g/mol. The fourth-order valence-electron chi connectivity index (χ4n) is 2.20. The van der Waals surface area contributed by atoms with E-state index >= 15 is 0 Å². The smallest absolute Gasteiger partial charge is 0.239 e. The first kappa shape index (κ1) is 13.5. The lowest BCUT2D eigenvalue weighted by Gasteiger charge is -2.36. The molecule has 0 spiro atoms. The van der Waals surface area contributed by atoms with Gasteiger partial charge in [0.05, 0.1) is 18.2 Å². The summed E-state index contributed by atoms with van der Waals surface area (Å²) < 4.78 is 5.59. The van der Waals surface area contributed by atoms with Crippen LogP contribution in [-0.2, 0) is 9.53 Å². The van der Waals surface area contributed by atoms with Crippen molar-refractivity contribution in [1.29, 1.82) is 0 Å². The van der Waals surface area contributed by atoms with E-state index in [2.05, 4.69) is 13.8 Å². The third-order valence-electron chi connectivity index (χ3n) is 2.77. The van der Waals surface area contributed by atoms with Gasteiger partial charge in [0.2, 0.25) is 5.91 Å². The second kappa shape index (κ2) is 5.64. The van der Waals surface area contributed by atoms with E-state index < -0.39 is 0 Å². The summed E-state index contributed by atoms with van der Waals surface area (Å²) in [5.41, 5.74) is 5.91. The number of carbonyl (C=O) groups excluding carboxylic acids is 1. The molecule has 0 radical (unpaired) electrons. The maximum Gasteiger partial charge on any atom is 0.239 e. The Balaban J connectivity index is 2.52. The van der Waals surface area contributed by atoms with Crippen LogP contribution in [0.15, 0.2) is 0 Å². The Labute approximate surface area is 98.1 Å². The molecule has 1 aliphatic rings. The number of amides is 1. The normalized spacial score (nSPS) is 28.2. The SMILES string of the molecule is CC(C)C[C@H](N)C(=O)N1C[C@@H](C)O[C@@H](C)C1. The van der Waals surface area contributed by atoms with Crippen molar-refractivity contribution in [3.8, 4) is 0 Å². The topological polar surface area (TPSA) is 55.6 Å². The number of rotatable bonds is 3. The summed E-state index contributed by atoms with van der Waals surface area (Å²) in [5.74, 6) is 0.519. The second-order valence-electron chi connectivity index (χ2n) is 5.24. The summed E-state index contributed by atoms with van der Waals surface area (Å²) in [6.07, 6.45) is 0.969. The first-order valence-electron chi connectivity index (χ1n) is 6.10. The zero-order valence-electron chi connectivity index (χ0n) is 10.8. The van der Waals surface area contributed by atoms with Gasteiger partial charge in [0.25, 0.3) is 0 Å². The van der Waals surface area contributed by atoms with Gasteiger partial charge in [-0.1, -0.05) is 13.8 Å². The van der Waals surface area contributed by atoms with Crippen molar-refractivity contribution in [2.24, 2.45) is 11.7 Å². The molecule has 16 heavy (non-hydrogen) atoms. The minimum absolute atomic E-state index is 0.0655. The number of nitrogens with two attached hydrogens (primary N) is 1. The molecule has 0 bridgehead atoms. The van der Waals surface area contributed by atoms with Crippen molar-refractivity contribution in [1.82, 2.24) is 4.90 Å². The summed E-state index contributed by atoms with van der Waals surface area (Å²) in [5, 5.41) is 0. The van der Waals surface area contributed by atoms with Crippen LogP contribution < -0.4 is 5.73 Å². The molecule has 0 aromatic rings. The molecule has 0 unspecified atom stereocenters. The minimum Gasteiger partial charge on any atom is -0.372 e. The molecule has 0 aromatic heterocycles. The molecular formula is C12H24N2O2. The van der Waals surface area contributed by atoms with Crippen LogP contribution in [0.25, 0.3) is 0 Å². The number of morpholine rings is 1. The summed E-state index contributed by atoms with van der Waals surface area (Å²) in [6, 6.07) is -0.363. The minimum atomic E-state index is -0.363. The van der Waals surface area contributed by atoms with Gasteiger partial charge in [-0.3, -0.25) is 4.79 Å². The Bertz CT molecular complexity index is 233. The number of ether oxygens (including phenoxy) is 1. The average molecular weight is 228 g/mol. The van der Waals surface area contributed by atoms with Crippen LogP contribution in [0.4, 0.5) is 0 Å². The van der Waals surface area contributed by atoms with E-state index in [1.807, 2.05) is 18.7 Å². The van der Waals surface area contributed by atoms with Crippen molar-refractivity contribution in [3.05, 3.63) is 0 Å². The predicted octanol–water partition coefficient (Wildman–Crippen LogP) is 0.996. The Morgan fingerprint density at radius 1 is 1.38 bits per heavy atom. The first-order valence-corrected chi connectivity index (χ1v) is 6.10. The maximum atomic E-state index is 12.1. The molecule has 1 rings (SSSR count). The van der Waals surface area contributed by atoms with Gasteiger partial charge in [-0.2, -0.15) is 0 Å². The molecule has 1 aliphatic heterocycles. The van der Waals surface area contributed by atoms with Gasteiger partial charge in [-0.05, 0) is 26.2 Å². The highest BCUT2D eigenvalue weighted by Gasteiger charge is 2.28. The molecule has 1 heterocycles. The molecule has 1 saturated heterocycles. The largest absolute Gasteiger partial charge is 0.372 e. The van der Waals surface area contributed by atoms with E-state index in [9.17, 15) is 4.79 Å². The van der Waals surface area contributed by atoms with Crippen LogP contribution in [0, 0.1) is 5.92 Å². The third kappa shape index (κ3) is 3.76. The van der Waals surface area contributed by atoms with Gasteiger partial charge < -0.3 is 15.4 Å². The Kier molecular flexibility index (Phi) is 4.74. The zero-order valence-corrected chi connectivity index (χ0v) is 10.8. The van der Waals surface area contributed by atoms with E-state index in [1.54, 1.807) is 0 Å². The molecule has 1 amide bonds. The fourth-order valence-corrected chi connectivity index (χ4v) is 2.20. The van der Waals surface area contributed by atoms with E-state index in [-0.39, 0.29) is 24.2 Å². The Morgan fingerprint density at radius 2 is 1.88 bits per heavy atom. The van der Waals surface area contributed by atoms with Gasteiger partial charge in [0, 0.05) is 13.1 Å². The molecule has 94 valence electrons. The van der Waals surface area contributed by atoms with E-state index in [4.69, 9.17) is 10.5 Å². The van der Waals surface area contributed by atoms with Crippen molar-refractivity contribution >= 4 is 5.91 Å². The standard InChI is InChI=1S/C12H24N2O2/c1-8(2)5-11(13)12(15)14-6-9(3)16-10(4)7-14/h8-11H,5-7,13H2,1-4H3/t9-,10+,11-/m0/s1. The van der Waals surface area contributed by atoms with Crippen LogP contribution >= 0.6 is 0 Å². The van der Waals surface area contributed by atoms with Crippen molar-refractivity contribution in [2.75, 3.05) is 13.1 Å². The van der Waals surface area contributed by atoms with Gasteiger partial charge >= 0.3 is 0 Å². The quantitative estimate of drug-likeness (QED) is 0.784. The lowest BCUT2D eigenvalue weighted by Crippen LogP contribution is -2.53. The van der Waals surface area contributed by atoms with Crippen LogP contribution in [0.5, 0.6) is 0 Å². The van der Waals surface area contributed by atoms with Crippen LogP contribution in [0.2, 0.25) is 0 Å². The van der Waals surface area contributed by atoms with Crippen LogP contribution in [0.3, 0.4) is 0 Å². The molecule has 4 nitrogen and oxygen atoms in total. The fraction of sp³-hybridized carbons (Fsp3) is 0.917. The molecule has 0 saturated carbocycles. The van der Waals surface area contributed by atoms with Crippen molar-refractivity contribution in [3.63, 3.8) is 0 Å². The summed E-state index contributed by atoms with van der Waals surface area (Å²) in [4.78, 5) is 13.9. The highest BCUT2D eigenvalue weighted by atomic mass is 16.5. The lowest BCUT2D eigenvalue weighted by molar-refractivity contribution is -0.144. The molecule has 2 N–H and O–H groups in total. The van der Waals surface area contributed by atoms with Gasteiger partial charge in [0.1, 0.15) is 0 Å².